The highest BCUT2D eigenvalue weighted by Gasteiger charge is 2.02. The lowest BCUT2D eigenvalue weighted by Gasteiger charge is -1.97. The largest absolute Gasteiger partial charge is 0.507 e. The van der Waals surface area contributed by atoms with Crippen LogP contribution in [0.15, 0.2) is 22.7 Å². The second-order valence-corrected chi connectivity index (χ2v) is 2.88. The normalized spacial score (nSPS) is 9.55. The minimum atomic E-state index is -0.509. The molecule has 4 heteroatoms. The SMILES string of the molecule is NC(=O)c1ccc(O)c(Br)c1. The zero-order valence-corrected chi connectivity index (χ0v) is 7.13. The lowest BCUT2D eigenvalue weighted by molar-refractivity contribution is 0.1000. The number of rotatable bonds is 1. The van der Waals surface area contributed by atoms with Crippen molar-refractivity contribution in [1.29, 1.82) is 0 Å². The molecule has 1 aromatic rings. The van der Waals surface area contributed by atoms with Gasteiger partial charge in [-0.2, -0.15) is 0 Å². The van der Waals surface area contributed by atoms with E-state index in [1.807, 2.05) is 0 Å². The summed E-state index contributed by atoms with van der Waals surface area (Å²) in [5.41, 5.74) is 5.36. The van der Waals surface area contributed by atoms with Gasteiger partial charge in [0.05, 0.1) is 4.47 Å². The number of carbonyl (C=O) groups excluding carboxylic acids is 1. The van der Waals surface area contributed by atoms with E-state index < -0.39 is 5.91 Å². The molecule has 1 amide bonds. The van der Waals surface area contributed by atoms with E-state index in [1.165, 1.54) is 18.2 Å². The molecule has 0 saturated carbocycles. The molecule has 0 aliphatic heterocycles. The topological polar surface area (TPSA) is 63.3 Å². The van der Waals surface area contributed by atoms with Crippen molar-refractivity contribution in [2.75, 3.05) is 0 Å². The summed E-state index contributed by atoms with van der Waals surface area (Å²) in [5.74, 6) is -0.416. The first-order valence-electron chi connectivity index (χ1n) is 2.89. The van der Waals surface area contributed by atoms with E-state index in [0.717, 1.165) is 0 Å². The van der Waals surface area contributed by atoms with E-state index in [1.54, 1.807) is 0 Å². The van der Waals surface area contributed by atoms with Crippen molar-refractivity contribution in [3.05, 3.63) is 28.2 Å². The van der Waals surface area contributed by atoms with Crippen LogP contribution in [0, 0.1) is 0 Å². The molecule has 0 unspecified atom stereocenters. The number of primary amides is 1. The Hall–Kier alpha value is -1.03. The molecule has 0 aliphatic rings. The van der Waals surface area contributed by atoms with Crippen LogP contribution in [0.25, 0.3) is 0 Å². The first-order valence-corrected chi connectivity index (χ1v) is 3.69. The van der Waals surface area contributed by atoms with Crippen molar-refractivity contribution < 1.29 is 9.90 Å². The first kappa shape index (κ1) is 8.07. The molecule has 1 aromatic carbocycles. The highest BCUT2D eigenvalue weighted by atomic mass is 79.9. The molecule has 0 aromatic heterocycles. The summed E-state index contributed by atoms with van der Waals surface area (Å²) >= 11 is 3.06. The number of halogens is 1. The fraction of sp³-hybridized carbons (Fsp3) is 0. The van der Waals surface area contributed by atoms with Crippen LogP contribution in [0.2, 0.25) is 0 Å². The van der Waals surface area contributed by atoms with E-state index in [9.17, 15) is 4.79 Å². The predicted molar refractivity (Wildman–Crippen MR) is 44.3 cm³/mol. The van der Waals surface area contributed by atoms with Crippen molar-refractivity contribution in [2.24, 2.45) is 5.73 Å². The molecule has 0 radical (unpaired) electrons. The Kier molecular flexibility index (Phi) is 2.14. The lowest BCUT2D eigenvalue weighted by Crippen LogP contribution is -2.10. The fourth-order valence-electron chi connectivity index (χ4n) is 0.660. The highest BCUT2D eigenvalue weighted by Crippen LogP contribution is 2.23. The fourth-order valence-corrected chi connectivity index (χ4v) is 1.04. The van der Waals surface area contributed by atoms with Crippen LogP contribution >= 0.6 is 15.9 Å². The van der Waals surface area contributed by atoms with Gasteiger partial charge in [0, 0.05) is 5.56 Å². The summed E-state index contributed by atoms with van der Waals surface area (Å²) in [5, 5.41) is 9.03. The maximum atomic E-state index is 10.6. The summed E-state index contributed by atoms with van der Waals surface area (Å²) in [6.45, 7) is 0. The minimum absolute atomic E-state index is 0.0926. The van der Waals surface area contributed by atoms with Gasteiger partial charge >= 0.3 is 0 Å². The molecule has 3 N–H and O–H groups in total. The van der Waals surface area contributed by atoms with Crippen LogP contribution in [0.4, 0.5) is 0 Å². The summed E-state index contributed by atoms with van der Waals surface area (Å²) in [6.07, 6.45) is 0. The molecule has 0 aliphatic carbocycles. The Balaban J connectivity index is 3.15. The number of amides is 1. The Bertz CT molecular complexity index is 298. The third kappa shape index (κ3) is 1.71. The second-order valence-electron chi connectivity index (χ2n) is 2.03. The number of hydrogen-bond acceptors (Lipinski definition) is 2. The van der Waals surface area contributed by atoms with Gasteiger partial charge in [-0.05, 0) is 34.1 Å². The third-order valence-electron chi connectivity index (χ3n) is 1.23. The number of phenols is 1. The smallest absolute Gasteiger partial charge is 0.248 e. The van der Waals surface area contributed by atoms with Crippen molar-refractivity contribution >= 4 is 21.8 Å². The summed E-state index contributed by atoms with van der Waals surface area (Å²) in [7, 11) is 0. The van der Waals surface area contributed by atoms with Gasteiger partial charge in [-0.3, -0.25) is 4.79 Å². The zero-order chi connectivity index (χ0) is 8.43. The van der Waals surface area contributed by atoms with Crippen molar-refractivity contribution in [2.45, 2.75) is 0 Å². The highest BCUT2D eigenvalue weighted by molar-refractivity contribution is 9.10. The molecule has 1 rings (SSSR count). The summed E-state index contributed by atoms with van der Waals surface area (Å²) < 4.78 is 0.466. The predicted octanol–water partition coefficient (Wildman–Crippen LogP) is 1.25. The molecule has 0 saturated heterocycles. The molecule has 0 bridgehead atoms. The van der Waals surface area contributed by atoms with Gasteiger partial charge in [0.2, 0.25) is 5.91 Å². The number of hydrogen-bond donors (Lipinski definition) is 2. The molecule has 58 valence electrons. The molecule has 3 nitrogen and oxygen atoms in total. The second kappa shape index (κ2) is 2.92. The molecule has 0 fully saturated rings. The van der Waals surface area contributed by atoms with Gasteiger partial charge in [0.15, 0.2) is 0 Å². The molecule has 0 spiro atoms. The van der Waals surface area contributed by atoms with Crippen LogP contribution in [-0.2, 0) is 0 Å². The molecule has 0 heterocycles. The van der Waals surface area contributed by atoms with Gasteiger partial charge in [0.1, 0.15) is 5.75 Å². The lowest BCUT2D eigenvalue weighted by atomic mass is 10.2. The van der Waals surface area contributed by atoms with Crippen molar-refractivity contribution in [1.82, 2.24) is 0 Å². The standard InChI is InChI=1S/C7H6BrNO2/c8-5-3-4(7(9)11)1-2-6(5)10/h1-3,10H,(H2,9,11). The van der Waals surface area contributed by atoms with Crippen LogP contribution in [-0.4, -0.2) is 11.0 Å². The Morgan fingerprint density at radius 3 is 2.64 bits per heavy atom. The van der Waals surface area contributed by atoms with Crippen LogP contribution in [0.1, 0.15) is 10.4 Å². The number of phenolic OH excluding ortho intramolecular Hbond substituents is 1. The molecular weight excluding hydrogens is 210 g/mol. The Morgan fingerprint density at radius 2 is 2.18 bits per heavy atom. The maximum absolute atomic E-state index is 10.6. The van der Waals surface area contributed by atoms with E-state index in [2.05, 4.69) is 15.9 Å². The summed E-state index contributed by atoms with van der Waals surface area (Å²) in [6, 6.07) is 4.34. The third-order valence-corrected chi connectivity index (χ3v) is 1.87. The molecule has 11 heavy (non-hydrogen) atoms. The monoisotopic (exact) mass is 215 g/mol. The number of benzene rings is 1. The van der Waals surface area contributed by atoms with E-state index in [4.69, 9.17) is 10.8 Å². The average molecular weight is 216 g/mol. The van der Waals surface area contributed by atoms with E-state index >= 15 is 0 Å². The van der Waals surface area contributed by atoms with Crippen LogP contribution < -0.4 is 5.73 Å². The van der Waals surface area contributed by atoms with Crippen LogP contribution in [0.3, 0.4) is 0 Å². The maximum Gasteiger partial charge on any atom is 0.248 e. The molecular formula is C7H6BrNO2. The van der Waals surface area contributed by atoms with E-state index in [0.29, 0.717) is 10.0 Å². The Morgan fingerprint density at radius 1 is 1.55 bits per heavy atom. The van der Waals surface area contributed by atoms with Gasteiger partial charge in [0.25, 0.3) is 0 Å². The van der Waals surface area contributed by atoms with Crippen molar-refractivity contribution in [3.8, 4) is 5.75 Å². The summed E-state index contributed by atoms with van der Waals surface area (Å²) in [4.78, 5) is 10.6. The van der Waals surface area contributed by atoms with Gasteiger partial charge in [-0.1, -0.05) is 0 Å². The van der Waals surface area contributed by atoms with Crippen molar-refractivity contribution in [3.63, 3.8) is 0 Å². The first-order chi connectivity index (χ1) is 5.11. The van der Waals surface area contributed by atoms with Crippen LogP contribution in [0.5, 0.6) is 5.75 Å². The number of nitrogens with two attached hydrogens (primary N) is 1. The van der Waals surface area contributed by atoms with Gasteiger partial charge in [-0.15, -0.1) is 0 Å². The van der Waals surface area contributed by atoms with Gasteiger partial charge < -0.3 is 10.8 Å². The zero-order valence-electron chi connectivity index (χ0n) is 5.54. The Labute approximate surface area is 72.0 Å². The van der Waals surface area contributed by atoms with Gasteiger partial charge in [-0.25, -0.2) is 0 Å². The average Bonchev–Trinajstić information content (AvgIpc) is 1.94. The molecule has 0 atom stereocenters. The van der Waals surface area contributed by atoms with E-state index in [-0.39, 0.29) is 5.75 Å². The number of aromatic hydroxyl groups is 1. The number of carbonyl (C=O) groups is 1. The quantitative estimate of drug-likeness (QED) is 0.741. The minimum Gasteiger partial charge on any atom is -0.507 e.